The number of aromatic nitrogens is 2. The van der Waals surface area contributed by atoms with Crippen molar-refractivity contribution < 1.29 is 19.4 Å². The molecule has 1 atom stereocenters. The molecule has 2 aromatic rings. The van der Waals surface area contributed by atoms with Crippen molar-refractivity contribution in [3.63, 3.8) is 0 Å². The summed E-state index contributed by atoms with van der Waals surface area (Å²) >= 11 is 1.21. The van der Waals surface area contributed by atoms with E-state index in [9.17, 15) is 14.7 Å². The molecule has 1 aliphatic rings. The molecule has 9 heteroatoms. The second kappa shape index (κ2) is 6.49. The number of anilines is 1. The van der Waals surface area contributed by atoms with Crippen molar-refractivity contribution >= 4 is 28.9 Å². The van der Waals surface area contributed by atoms with E-state index in [0.717, 1.165) is 11.3 Å². The maximum atomic E-state index is 12.3. The van der Waals surface area contributed by atoms with E-state index >= 15 is 0 Å². The van der Waals surface area contributed by atoms with Gasteiger partial charge in [-0.1, -0.05) is 0 Å². The summed E-state index contributed by atoms with van der Waals surface area (Å²) in [6.07, 6.45) is 1.67. The van der Waals surface area contributed by atoms with E-state index in [1.807, 2.05) is 4.90 Å². The number of hydrogen-bond donors (Lipinski definition) is 3. The van der Waals surface area contributed by atoms with E-state index in [1.54, 1.807) is 17.6 Å². The number of nitrogens with one attached hydrogen (secondary N) is 2. The summed E-state index contributed by atoms with van der Waals surface area (Å²) in [5, 5.41) is 20.8. The third-order valence-electron chi connectivity index (χ3n) is 3.74. The molecule has 2 aromatic heterocycles. The number of rotatable bonds is 5. The average Bonchev–Trinajstić information content (AvgIpc) is 3.22. The molecule has 0 aromatic carbocycles. The maximum Gasteiger partial charge on any atom is 0.350 e. The fourth-order valence-electron chi connectivity index (χ4n) is 2.66. The number of esters is 1. The Morgan fingerprint density at radius 3 is 3.17 bits per heavy atom. The Hall–Kier alpha value is -2.23. The number of carbonyl (C=O) groups is 2. The Balaban J connectivity index is 1.66. The van der Waals surface area contributed by atoms with Gasteiger partial charge in [0, 0.05) is 12.1 Å². The zero-order valence-electron chi connectivity index (χ0n) is 12.4. The molecule has 3 rings (SSSR count). The highest BCUT2D eigenvalue weighted by molar-refractivity contribution is 7.12. The highest BCUT2D eigenvalue weighted by Crippen LogP contribution is 2.31. The van der Waals surface area contributed by atoms with E-state index in [2.05, 4.69) is 20.3 Å². The van der Waals surface area contributed by atoms with Crippen molar-refractivity contribution in [3.05, 3.63) is 33.8 Å². The summed E-state index contributed by atoms with van der Waals surface area (Å²) < 4.78 is 4.68. The molecule has 0 aliphatic carbocycles. The lowest BCUT2D eigenvalue weighted by Crippen LogP contribution is -2.33. The van der Waals surface area contributed by atoms with Crippen LogP contribution in [0.25, 0.3) is 0 Å². The monoisotopic (exact) mass is 336 g/mol. The first-order valence-corrected chi connectivity index (χ1v) is 7.84. The second-order valence-electron chi connectivity index (χ2n) is 5.11. The quantitative estimate of drug-likeness (QED) is 0.695. The Labute approximate surface area is 136 Å². The van der Waals surface area contributed by atoms with E-state index < -0.39 is 5.97 Å². The average molecular weight is 336 g/mol. The molecule has 1 unspecified atom stereocenters. The highest BCUT2D eigenvalue weighted by atomic mass is 32.1. The third-order valence-corrected chi connectivity index (χ3v) is 4.64. The summed E-state index contributed by atoms with van der Waals surface area (Å²) in [7, 11) is 1.30. The van der Waals surface area contributed by atoms with Gasteiger partial charge in [-0.3, -0.25) is 14.8 Å². The lowest BCUT2D eigenvalue weighted by molar-refractivity contribution is -0.118. The van der Waals surface area contributed by atoms with Crippen LogP contribution in [0, 0.1) is 0 Å². The molecule has 8 nitrogen and oxygen atoms in total. The van der Waals surface area contributed by atoms with Crippen LogP contribution in [-0.2, 0) is 16.1 Å². The van der Waals surface area contributed by atoms with E-state index in [1.165, 1.54) is 18.4 Å². The first-order chi connectivity index (χ1) is 11.1. The van der Waals surface area contributed by atoms with Gasteiger partial charge in [0.2, 0.25) is 5.91 Å². The Bertz CT molecular complexity index is 726. The van der Waals surface area contributed by atoms with Crippen molar-refractivity contribution in [2.45, 2.75) is 12.6 Å². The van der Waals surface area contributed by atoms with E-state index in [0.29, 0.717) is 17.1 Å². The fraction of sp³-hybridized carbons (Fsp3) is 0.357. The number of nitrogens with zero attached hydrogens (tertiary/aromatic N) is 2. The van der Waals surface area contributed by atoms with Crippen molar-refractivity contribution in [1.82, 2.24) is 15.1 Å². The minimum Gasteiger partial charge on any atom is -0.465 e. The Kier molecular flexibility index (Phi) is 4.42. The molecule has 3 N–H and O–H groups in total. The molecule has 1 aliphatic heterocycles. The number of ether oxygens (including phenoxy) is 1. The van der Waals surface area contributed by atoms with Gasteiger partial charge in [-0.15, -0.1) is 11.3 Å². The van der Waals surface area contributed by atoms with Gasteiger partial charge < -0.3 is 15.2 Å². The van der Waals surface area contributed by atoms with Crippen LogP contribution in [0.4, 0.5) is 5.69 Å². The number of aromatic amines is 1. The molecule has 0 fully saturated rings. The summed E-state index contributed by atoms with van der Waals surface area (Å²) in [5.74, 6) is -0.740. The first-order valence-electron chi connectivity index (χ1n) is 6.96. The number of fused-ring (bicyclic) bond motifs is 1. The van der Waals surface area contributed by atoms with Gasteiger partial charge >= 0.3 is 5.97 Å². The zero-order chi connectivity index (χ0) is 16.4. The predicted molar refractivity (Wildman–Crippen MR) is 83.1 cm³/mol. The number of aliphatic hydroxyl groups is 1. The number of aliphatic hydroxyl groups excluding tert-OH is 1. The smallest absolute Gasteiger partial charge is 0.350 e. The van der Waals surface area contributed by atoms with Crippen LogP contribution in [0.1, 0.15) is 27.0 Å². The van der Waals surface area contributed by atoms with Gasteiger partial charge in [-0.05, 0) is 11.4 Å². The topological polar surface area (TPSA) is 108 Å². The molecule has 0 spiro atoms. The van der Waals surface area contributed by atoms with Crippen molar-refractivity contribution in [2.24, 2.45) is 0 Å². The molecular formula is C14H16N4O4S. The van der Waals surface area contributed by atoms with Crippen LogP contribution in [0.2, 0.25) is 0 Å². The molecular weight excluding hydrogens is 320 g/mol. The number of amides is 1. The normalized spacial score (nSPS) is 17.0. The van der Waals surface area contributed by atoms with Gasteiger partial charge in [0.05, 0.1) is 43.9 Å². The van der Waals surface area contributed by atoms with Crippen LogP contribution < -0.4 is 5.32 Å². The highest BCUT2D eigenvalue weighted by Gasteiger charge is 2.32. The van der Waals surface area contributed by atoms with Crippen molar-refractivity contribution in [1.29, 1.82) is 0 Å². The van der Waals surface area contributed by atoms with Crippen molar-refractivity contribution in [3.8, 4) is 0 Å². The van der Waals surface area contributed by atoms with Gasteiger partial charge in [-0.25, -0.2) is 4.79 Å². The minimum absolute atomic E-state index is 0.0916. The molecule has 0 bridgehead atoms. The molecule has 0 saturated heterocycles. The van der Waals surface area contributed by atoms with Crippen LogP contribution >= 0.6 is 11.3 Å². The number of hydrogen-bond acceptors (Lipinski definition) is 7. The standard InChI is InChI=1S/C14H16N4O4S/c1-22-14(21)13-9(2-3-23-13)16-12(20)6-18-5-10-8(4-15-17-10)11(18)7-19/h2-4,11,19H,5-7H2,1H3,(H,15,17)(H,16,20). The molecule has 0 radical (unpaired) electrons. The minimum atomic E-state index is -0.481. The Morgan fingerprint density at radius 1 is 1.61 bits per heavy atom. The summed E-state index contributed by atoms with van der Waals surface area (Å²) in [6.45, 7) is 0.525. The fourth-order valence-corrected chi connectivity index (χ4v) is 3.42. The zero-order valence-corrected chi connectivity index (χ0v) is 13.2. The molecule has 1 amide bonds. The van der Waals surface area contributed by atoms with E-state index in [-0.39, 0.29) is 25.1 Å². The second-order valence-corrected chi connectivity index (χ2v) is 6.03. The van der Waals surface area contributed by atoms with Crippen LogP contribution in [0.15, 0.2) is 17.6 Å². The van der Waals surface area contributed by atoms with E-state index in [4.69, 9.17) is 0 Å². The summed E-state index contributed by atoms with van der Waals surface area (Å²) in [5.41, 5.74) is 2.25. The maximum absolute atomic E-state index is 12.3. The summed E-state index contributed by atoms with van der Waals surface area (Å²) in [6, 6.07) is 1.41. The molecule has 122 valence electrons. The first kappa shape index (κ1) is 15.7. The largest absolute Gasteiger partial charge is 0.465 e. The number of carbonyl (C=O) groups excluding carboxylic acids is 2. The van der Waals surface area contributed by atoms with Crippen LogP contribution in [0.5, 0.6) is 0 Å². The number of thiophene rings is 1. The molecule has 0 saturated carbocycles. The van der Waals surface area contributed by atoms with Crippen molar-refractivity contribution in [2.75, 3.05) is 25.6 Å². The number of H-pyrrole nitrogens is 1. The van der Waals surface area contributed by atoms with Gasteiger partial charge in [0.15, 0.2) is 0 Å². The lowest BCUT2D eigenvalue weighted by Gasteiger charge is -2.22. The third kappa shape index (κ3) is 2.98. The molecule has 3 heterocycles. The molecule has 23 heavy (non-hydrogen) atoms. The van der Waals surface area contributed by atoms with Gasteiger partial charge in [0.1, 0.15) is 4.88 Å². The predicted octanol–water partition coefficient (Wildman–Crippen LogP) is 0.745. The SMILES string of the molecule is COC(=O)c1sccc1NC(=O)CN1Cc2[nH]ncc2C1CO. The Morgan fingerprint density at radius 2 is 2.43 bits per heavy atom. The van der Waals surface area contributed by atoms with Crippen LogP contribution in [-0.4, -0.2) is 52.3 Å². The van der Waals surface area contributed by atoms with Gasteiger partial charge in [-0.2, -0.15) is 5.10 Å². The summed E-state index contributed by atoms with van der Waals surface area (Å²) in [4.78, 5) is 26.1. The van der Waals surface area contributed by atoms with Gasteiger partial charge in [0.25, 0.3) is 0 Å². The van der Waals surface area contributed by atoms with Crippen LogP contribution in [0.3, 0.4) is 0 Å². The number of methoxy groups -OCH3 is 1. The lowest BCUT2D eigenvalue weighted by atomic mass is 10.2.